The zero-order valence-corrected chi connectivity index (χ0v) is 11.6. The van der Waals surface area contributed by atoms with Crippen LogP contribution in [0.4, 0.5) is 0 Å². The van der Waals surface area contributed by atoms with E-state index in [1.165, 1.54) is 5.56 Å². The number of benzene rings is 1. The van der Waals surface area contributed by atoms with Crippen LogP contribution in [0.15, 0.2) is 34.1 Å². The molecule has 1 N–H and O–H groups in total. The molecule has 1 unspecified atom stereocenters. The molecule has 0 aliphatic carbocycles. The van der Waals surface area contributed by atoms with Crippen LogP contribution in [0.25, 0.3) is 0 Å². The molecular formula is C13H13BrOS. The van der Waals surface area contributed by atoms with Gasteiger partial charge in [0.25, 0.3) is 0 Å². The van der Waals surface area contributed by atoms with Crippen molar-refractivity contribution in [3.05, 3.63) is 55.7 Å². The number of aliphatic hydroxyl groups is 1. The van der Waals surface area contributed by atoms with Crippen LogP contribution < -0.4 is 0 Å². The minimum absolute atomic E-state index is 0.517. The van der Waals surface area contributed by atoms with Crippen LogP contribution in [0.5, 0.6) is 0 Å². The van der Waals surface area contributed by atoms with Gasteiger partial charge in [-0.3, -0.25) is 0 Å². The van der Waals surface area contributed by atoms with E-state index in [-0.39, 0.29) is 0 Å². The van der Waals surface area contributed by atoms with Crippen molar-refractivity contribution in [1.29, 1.82) is 0 Å². The van der Waals surface area contributed by atoms with E-state index in [0.717, 1.165) is 20.5 Å². The summed E-state index contributed by atoms with van der Waals surface area (Å²) < 4.78 is 1.04. The average molecular weight is 297 g/mol. The molecule has 0 fully saturated rings. The highest BCUT2D eigenvalue weighted by atomic mass is 79.9. The Morgan fingerprint density at radius 3 is 2.50 bits per heavy atom. The molecule has 1 nitrogen and oxygen atoms in total. The van der Waals surface area contributed by atoms with E-state index in [9.17, 15) is 5.11 Å². The van der Waals surface area contributed by atoms with E-state index in [0.29, 0.717) is 0 Å². The van der Waals surface area contributed by atoms with Gasteiger partial charge in [-0.25, -0.2) is 0 Å². The van der Waals surface area contributed by atoms with Gasteiger partial charge >= 0.3 is 0 Å². The van der Waals surface area contributed by atoms with Crippen molar-refractivity contribution in [2.45, 2.75) is 20.0 Å². The summed E-state index contributed by atoms with van der Waals surface area (Å²) in [7, 11) is 0. The largest absolute Gasteiger partial charge is 0.383 e. The Bertz CT molecular complexity index is 504. The van der Waals surface area contributed by atoms with Gasteiger partial charge in [-0.2, -0.15) is 0 Å². The summed E-state index contributed by atoms with van der Waals surface area (Å²) in [6.07, 6.45) is -0.517. The zero-order chi connectivity index (χ0) is 11.7. The van der Waals surface area contributed by atoms with Crippen LogP contribution in [-0.4, -0.2) is 5.11 Å². The molecule has 0 aliphatic heterocycles. The molecule has 0 bridgehead atoms. The zero-order valence-electron chi connectivity index (χ0n) is 9.20. The van der Waals surface area contributed by atoms with Crippen molar-refractivity contribution in [3.63, 3.8) is 0 Å². The maximum Gasteiger partial charge on any atom is 0.113 e. The third-order valence-electron chi connectivity index (χ3n) is 2.66. The summed E-state index contributed by atoms with van der Waals surface area (Å²) in [6.45, 7) is 4.06. The second-order valence-electron chi connectivity index (χ2n) is 3.88. The Kier molecular flexibility index (Phi) is 3.47. The molecule has 1 heterocycles. The summed E-state index contributed by atoms with van der Waals surface area (Å²) in [5.74, 6) is 0. The van der Waals surface area contributed by atoms with E-state index >= 15 is 0 Å². The molecule has 1 atom stereocenters. The van der Waals surface area contributed by atoms with Crippen LogP contribution >= 0.6 is 27.3 Å². The molecule has 84 valence electrons. The fraction of sp³-hybridized carbons (Fsp3) is 0.231. The van der Waals surface area contributed by atoms with E-state index in [4.69, 9.17) is 0 Å². The summed E-state index contributed by atoms with van der Waals surface area (Å²) in [5.41, 5.74) is 3.26. The molecule has 1 aromatic heterocycles. The molecule has 0 saturated heterocycles. The lowest BCUT2D eigenvalue weighted by Gasteiger charge is -2.11. The van der Waals surface area contributed by atoms with Crippen molar-refractivity contribution in [2.75, 3.05) is 0 Å². The molecule has 1 aromatic carbocycles. The lowest BCUT2D eigenvalue weighted by Crippen LogP contribution is -1.99. The highest BCUT2D eigenvalue weighted by molar-refractivity contribution is 9.10. The molecule has 16 heavy (non-hydrogen) atoms. The first-order valence-electron chi connectivity index (χ1n) is 5.07. The summed E-state index contributed by atoms with van der Waals surface area (Å²) >= 11 is 5.09. The van der Waals surface area contributed by atoms with Gasteiger partial charge in [0.05, 0.1) is 0 Å². The van der Waals surface area contributed by atoms with Gasteiger partial charge in [0.2, 0.25) is 0 Å². The molecule has 0 aliphatic rings. The number of hydrogen-bond donors (Lipinski definition) is 1. The first-order chi connectivity index (χ1) is 7.59. The Morgan fingerprint density at radius 2 is 1.94 bits per heavy atom. The molecule has 0 spiro atoms. The minimum atomic E-state index is -0.517. The Morgan fingerprint density at radius 1 is 1.19 bits per heavy atom. The third kappa shape index (κ3) is 2.21. The predicted molar refractivity (Wildman–Crippen MR) is 72.0 cm³/mol. The first-order valence-corrected chi connectivity index (χ1v) is 6.75. The molecule has 0 amide bonds. The van der Waals surface area contributed by atoms with Crippen LogP contribution in [0.2, 0.25) is 0 Å². The van der Waals surface area contributed by atoms with Crippen LogP contribution in [0.3, 0.4) is 0 Å². The topological polar surface area (TPSA) is 20.2 Å². The molecular weight excluding hydrogens is 284 g/mol. The van der Waals surface area contributed by atoms with Crippen molar-refractivity contribution in [3.8, 4) is 0 Å². The maximum absolute atomic E-state index is 10.3. The van der Waals surface area contributed by atoms with E-state index in [1.54, 1.807) is 11.3 Å². The number of aryl methyl sites for hydroxylation is 2. The minimum Gasteiger partial charge on any atom is -0.383 e. The highest BCUT2D eigenvalue weighted by Crippen LogP contribution is 2.31. The Balaban J connectivity index is 2.38. The fourth-order valence-corrected chi connectivity index (χ4v) is 2.93. The van der Waals surface area contributed by atoms with Gasteiger partial charge in [0.15, 0.2) is 0 Å². The van der Waals surface area contributed by atoms with Crippen LogP contribution in [0.1, 0.15) is 27.7 Å². The van der Waals surface area contributed by atoms with Crippen molar-refractivity contribution >= 4 is 27.3 Å². The number of hydrogen-bond acceptors (Lipinski definition) is 2. The number of halogens is 1. The highest BCUT2D eigenvalue weighted by Gasteiger charge is 2.14. The maximum atomic E-state index is 10.3. The van der Waals surface area contributed by atoms with Gasteiger partial charge in [-0.15, -0.1) is 11.3 Å². The molecule has 3 heteroatoms. The Labute approximate surface area is 108 Å². The van der Waals surface area contributed by atoms with Crippen LogP contribution in [0, 0.1) is 13.8 Å². The number of rotatable bonds is 2. The first kappa shape index (κ1) is 11.8. The fourth-order valence-electron chi connectivity index (χ4n) is 1.60. The smallest absolute Gasteiger partial charge is 0.113 e. The van der Waals surface area contributed by atoms with Gasteiger partial charge in [-0.05, 0) is 48.1 Å². The Hall–Kier alpha value is -0.640. The summed E-state index contributed by atoms with van der Waals surface area (Å²) in [4.78, 5) is 1.02. The van der Waals surface area contributed by atoms with Gasteiger partial charge in [0.1, 0.15) is 6.10 Å². The van der Waals surface area contributed by atoms with E-state index in [1.807, 2.05) is 43.5 Å². The van der Waals surface area contributed by atoms with E-state index < -0.39 is 6.10 Å². The van der Waals surface area contributed by atoms with Crippen molar-refractivity contribution in [1.82, 2.24) is 0 Å². The van der Waals surface area contributed by atoms with Crippen molar-refractivity contribution in [2.24, 2.45) is 0 Å². The molecule has 2 aromatic rings. The van der Waals surface area contributed by atoms with E-state index in [2.05, 4.69) is 15.9 Å². The number of thiophene rings is 1. The van der Waals surface area contributed by atoms with Gasteiger partial charge < -0.3 is 5.11 Å². The standard InChI is InChI=1S/C13H13BrOS/c1-8-3-4-10(7-11(8)14)12(15)13-9(2)5-6-16-13/h3-7,12,15H,1-2H3. The summed E-state index contributed by atoms with van der Waals surface area (Å²) in [5, 5.41) is 12.3. The molecule has 0 saturated carbocycles. The quantitative estimate of drug-likeness (QED) is 0.880. The second-order valence-corrected chi connectivity index (χ2v) is 5.68. The van der Waals surface area contributed by atoms with Crippen molar-refractivity contribution < 1.29 is 5.11 Å². The van der Waals surface area contributed by atoms with Gasteiger partial charge in [-0.1, -0.05) is 28.1 Å². The number of aliphatic hydroxyl groups excluding tert-OH is 1. The molecule has 2 rings (SSSR count). The second kappa shape index (κ2) is 4.70. The van der Waals surface area contributed by atoms with Gasteiger partial charge in [0, 0.05) is 9.35 Å². The lowest BCUT2D eigenvalue weighted by molar-refractivity contribution is 0.223. The third-order valence-corrected chi connectivity index (χ3v) is 4.59. The van der Waals surface area contributed by atoms with Crippen LogP contribution in [-0.2, 0) is 0 Å². The average Bonchev–Trinajstić information content (AvgIpc) is 2.67. The lowest BCUT2D eigenvalue weighted by atomic mass is 10.0. The summed E-state index contributed by atoms with van der Waals surface area (Å²) in [6, 6.07) is 8.01. The monoisotopic (exact) mass is 296 g/mol. The molecule has 0 radical (unpaired) electrons. The normalized spacial score (nSPS) is 12.8. The predicted octanol–water partition coefficient (Wildman–Crippen LogP) is 4.21. The SMILES string of the molecule is Cc1ccc(C(O)c2sccc2C)cc1Br.